The van der Waals surface area contributed by atoms with Gasteiger partial charge >= 0.3 is 6.09 Å². The molecule has 4 aromatic rings. The third-order valence-electron chi connectivity index (χ3n) is 7.81. The van der Waals surface area contributed by atoms with Crippen LogP contribution in [0.2, 0.25) is 0 Å². The van der Waals surface area contributed by atoms with Crippen LogP contribution in [0.5, 0.6) is 0 Å². The highest BCUT2D eigenvalue weighted by atomic mass is 16.6. The van der Waals surface area contributed by atoms with Gasteiger partial charge in [-0.25, -0.2) is 4.79 Å². The number of rotatable bonds is 8. The SMILES string of the molecule is COCCCn1ccc2ccc(NC(=O)[C@H]3CN(C(=O)OC(C)(C)C)CCC3c3cccc(-c4ccccc4)c3)cc21. The molecule has 2 heterocycles. The van der Waals surface area contributed by atoms with Crippen molar-refractivity contribution in [3.8, 4) is 11.1 Å². The topological polar surface area (TPSA) is 72.8 Å². The van der Waals surface area contributed by atoms with Gasteiger partial charge in [0.25, 0.3) is 0 Å². The fourth-order valence-electron chi connectivity index (χ4n) is 5.76. The summed E-state index contributed by atoms with van der Waals surface area (Å²) >= 11 is 0. The van der Waals surface area contributed by atoms with Crippen molar-refractivity contribution in [2.75, 3.05) is 32.1 Å². The molecule has 0 aliphatic carbocycles. The number of nitrogens with zero attached hydrogens (tertiary/aromatic N) is 2. The Morgan fingerprint density at radius 2 is 1.74 bits per heavy atom. The largest absolute Gasteiger partial charge is 0.444 e. The molecule has 1 aromatic heterocycles. The molecule has 42 heavy (non-hydrogen) atoms. The van der Waals surface area contributed by atoms with Crippen LogP contribution in [0.15, 0.2) is 85.1 Å². The van der Waals surface area contributed by atoms with Gasteiger partial charge in [0.15, 0.2) is 0 Å². The third-order valence-corrected chi connectivity index (χ3v) is 7.81. The summed E-state index contributed by atoms with van der Waals surface area (Å²) < 4.78 is 13.1. The highest BCUT2D eigenvalue weighted by Crippen LogP contribution is 2.36. The highest BCUT2D eigenvalue weighted by Gasteiger charge is 2.38. The number of likely N-dealkylation sites (tertiary alicyclic amines) is 1. The molecule has 0 radical (unpaired) electrons. The minimum absolute atomic E-state index is 0.0472. The fourth-order valence-corrected chi connectivity index (χ4v) is 5.76. The zero-order valence-electron chi connectivity index (χ0n) is 25.0. The molecule has 7 heteroatoms. The van der Waals surface area contributed by atoms with E-state index in [4.69, 9.17) is 9.47 Å². The number of nitrogens with one attached hydrogen (secondary N) is 1. The first-order valence-corrected chi connectivity index (χ1v) is 14.7. The lowest BCUT2D eigenvalue weighted by Crippen LogP contribution is -2.48. The number of hydrogen-bond acceptors (Lipinski definition) is 4. The van der Waals surface area contributed by atoms with E-state index < -0.39 is 11.5 Å². The number of piperidine rings is 1. The first-order chi connectivity index (χ1) is 20.2. The molecule has 0 spiro atoms. The molecular weight excluding hydrogens is 526 g/mol. The maximum atomic E-state index is 14.0. The Balaban J connectivity index is 1.41. The second kappa shape index (κ2) is 12.8. The summed E-state index contributed by atoms with van der Waals surface area (Å²) in [4.78, 5) is 28.7. The van der Waals surface area contributed by atoms with Crippen LogP contribution in [0.4, 0.5) is 10.5 Å². The number of amides is 2. The standard InChI is InChI=1S/C35H41N3O4/c1-35(2,3)42-34(40)38-20-17-30(28-13-8-12-27(22-28)25-10-6-5-7-11-25)31(24-38)33(39)36-29-15-14-26-16-19-37(32(26)23-29)18-9-21-41-4/h5-8,10-16,19,22-23,30-31H,9,17-18,20-21,24H2,1-4H3,(H,36,39)/t30?,31-/m0/s1. The Labute approximate surface area is 248 Å². The van der Waals surface area contributed by atoms with Crippen molar-refractivity contribution in [3.63, 3.8) is 0 Å². The first-order valence-electron chi connectivity index (χ1n) is 14.7. The Kier molecular flexibility index (Phi) is 8.97. The maximum absolute atomic E-state index is 14.0. The summed E-state index contributed by atoms with van der Waals surface area (Å²) in [5.41, 5.74) is 4.54. The van der Waals surface area contributed by atoms with E-state index in [1.807, 2.05) is 57.2 Å². The normalized spacial score (nSPS) is 17.3. The number of aromatic nitrogens is 1. The number of aryl methyl sites for hydroxylation is 1. The van der Waals surface area contributed by atoms with Crippen molar-refractivity contribution in [1.29, 1.82) is 0 Å². The molecule has 5 rings (SSSR count). The Morgan fingerprint density at radius 3 is 2.50 bits per heavy atom. The predicted octanol–water partition coefficient (Wildman–Crippen LogP) is 7.32. The molecule has 2 atom stereocenters. The maximum Gasteiger partial charge on any atom is 0.410 e. The van der Waals surface area contributed by atoms with Crippen molar-refractivity contribution in [2.24, 2.45) is 5.92 Å². The van der Waals surface area contributed by atoms with E-state index in [-0.39, 0.29) is 24.5 Å². The van der Waals surface area contributed by atoms with E-state index in [9.17, 15) is 9.59 Å². The van der Waals surface area contributed by atoms with Gasteiger partial charge in [-0.1, -0.05) is 60.7 Å². The van der Waals surface area contributed by atoms with Crippen LogP contribution in [-0.4, -0.2) is 53.9 Å². The minimum Gasteiger partial charge on any atom is -0.444 e. The number of methoxy groups -OCH3 is 1. The fraction of sp³-hybridized carbons (Fsp3) is 0.371. The second-order valence-corrected chi connectivity index (χ2v) is 12.0. The Morgan fingerprint density at radius 1 is 0.952 bits per heavy atom. The minimum atomic E-state index is -0.608. The van der Waals surface area contributed by atoms with Crippen LogP contribution >= 0.6 is 0 Å². The van der Waals surface area contributed by atoms with E-state index in [0.29, 0.717) is 19.6 Å². The molecule has 1 aliphatic heterocycles. The molecule has 3 aromatic carbocycles. The number of anilines is 1. The zero-order valence-corrected chi connectivity index (χ0v) is 25.0. The molecule has 0 bridgehead atoms. The number of carbonyl (C=O) groups is 2. The lowest BCUT2D eigenvalue weighted by atomic mass is 9.79. The summed E-state index contributed by atoms with van der Waals surface area (Å²) in [6.45, 7) is 7.92. The van der Waals surface area contributed by atoms with Crippen molar-refractivity contribution < 1.29 is 19.1 Å². The molecular formula is C35H41N3O4. The van der Waals surface area contributed by atoms with Crippen LogP contribution in [-0.2, 0) is 20.8 Å². The van der Waals surface area contributed by atoms with Gasteiger partial charge in [-0.05, 0) is 79.8 Å². The predicted molar refractivity (Wildman–Crippen MR) is 168 cm³/mol. The monoisotopic (exact) mass is 567 g/mol. The third kappa shape index (κ3) is 7.02. The number of hydrogen-bond donors (Lipinski definition) is 1. The molecule has 220 valence electrons. The molecule has 1 saturated heterocycles. The zero-order chi connectivity index (χ0) is 29.7. The van der Waals surface area contributed by atoms with E-state index in [0.717, 1.165) is 46.2 Å². The number of carbonyl (C=O) groups excluding carboxylic acids is 2. The van der Waals surface area contributed by atoms with Crippen LogP contribution < -0.4 is 5.32 Å². The summed E-state index contributed by atoms with van der Waals surface area (Å²) in [7, 11) is 1.71. The molecule has 1 unspecified atom stereocenters. The summed E-state index contributed by atoms with van der Waals surface area (Å²) in [5, 5.41) is 4.31. The van der Waals surface area contributed by atoms with Crippen molar-refractivity contribution >= 4 is 28.6 Å². The highest BCUT2D eigenvalue weighted by molar-refractivity contribution is 5.96. The van der Waals surface area contributed by atoms with Crippen molar-refractivity contribution in [3.05, 3.63) is 90.6 Å². The van der Waals surface area contributed by atoms with E-state index in [1.54, 1.807) is 12.0 Å². The van der Waals surface area contributed by atoms with E-state index >= 15 is 0 Å². The first kappa shape index (κ1) is 29.4. The van der Waals surface area contributed by atoms with Crippen LogP contribution in [0.25, 0.3) is 22.0 Å². The van der Waals surface area contributed by atoms with E-state index in [1.165, 1.54) is 0 Å². The molecule has 0 saturated carbocycles. The lowest BCUT2D eigenvalue weighted by molar-refractivity contribution is -0.122. The smallest absolute Gasteiger partial charge is 0.410 e. The Hall–Kier alpha value is -4.10. The van der Waals surface area contributed by atoms with Gasteiger partial charge in [0.2, 0.25) is 5.91 Å². The van der Waals surface area contributed by atoms with Crippen LogP contribution in [0.1, 0.15) is 45.1 Å². The van der Waals surface area contributed by atoms with Crippen molar-refractivity contribution in [1.82, 2.24) is 9.47 Å². The average Bonchev–Trinajstić information content (AvgIpc) is 3.38. The number of fused-ring (bicyclic) bond motifs is 1. The van der Waals surface area contributed by atoms with Gasteiger partial charge in [0.05, 0.1) is 11.4 Å². The molecule has 1 fully saturated rings. The van der Waals surface area contributed by atoms with Crippen molar-refractivity contribution in [2.45, 2.75) is 51.7 Å². The lowest BCUT2D eigenvalue weighted by Gasteiger charge is -2.38. The van der Waals surface area contributed by atoms with Crippen LogP contribution in [0.3, 0.4) is 0 Å². The van der Waals surface area contributed by atoms with Gasteiger partial charge in [0.1, 0.15) is 5.60 Å². The van der Waals surface area contributed by atoms with Gasteiger partial charge in [0, 0.05) is 45.2 Å². The van der Waals surface area contributed by atoms with Gasteiger partial charge in [-0.15, -0.1) is 0 Å². The number of ether oxygens (including phenoxy) is 2. The average molecular weight is 568 g/mol. The summed E-state index contributed by atoms with van der Waals surface area (Å²) in [6, 6.07) is 26.8. The molecule has 7 nitrogen and oxygen atoms in total. The van der Waals surface area contributed by atoms with Gasteiger partial charge in [-0.2, -0.15) is 0 Å². The summed E-state index contributed by atoms with van der Waals surface area (Å²) in [6.07, 6.45) is 3.26. The molecule has 2 amide bonds. The van der Waals surface area contributed by atoms with Crippen LogP contribution in [0, 0.1) is 5.92 Å². The van der Waals surface area contributed by atoms with Gasteiger partial charge < -0.3 is 24.3 Å². The quantitative estimate of drug-likeness (QED) is 0.226. The molecule has 1 N–H and O–H groups in total. The summed E-state index contributed by atoms with van der Waals surface area (Å²) in [5.74, 6) is -0.592. The second-order valence-electron chi connectivity index (χ2n) is 12.0. The van der Waals surface area contributed by atoms with Gasteiger partial charge in [-0.3, -0.25) is 4.79 Å². The van der Waals surface area contributed by atoms with E-state index in [2.05, 4.69) is 58.5 Å². The number of benzene rings is 3. The molecule has 1 aliphatic rings. The Bertz CT molecular complexity index is 1520.